The Bertz CT molecular complexity index is 715. The van der Waals surface area contributed by atoms with Crippen molar-refractivity contribution >= 4 is 26.0 Å². The predicted octanol–water partition coefficient (Wildman–Crippen LogP) is 1.87. The molecule has 0 bridgehead atoms. The number of halogens is 1. The minimum atomic E-state index is -3.09. The largest absolute Gasteiger partial charge is 0.341 e. The van der Waals surface area contributed by atoms with Crippen molar-refractivity contribution in [2.75, 3.05) is 19.3 Å². The molecular formula is C14H19BrN4O2S. The number of benzene rings is 1. The molecular weight excluding hydrogens is 368 g/mol. The third-order valence-electron chi connectivity index (χ3n) is 2.95. The quantitative estimate of drug-likeness (QED) is 0.604. The highest BCUT2D eigenvalue weighted by atomic mass is 79.9. The second-order valence-electron chi connectivity index (χ2n) is 4.95. The Morgan fingerprint density at radius 3 is 2.86 bits per heavy atom. The monoisotopic (exact) mass is 386 g/mol. The normalized spacial score (nSPS) is 11.7. The van der Waals surface area contributed by atoms with Gasteiger partial charge in [0.25, 0.3) is 0 Å². The number of rotatable bonds is 8. The van der Waals surface area contributed by atoms with Gasteiger partial charge in [-0.1, -0.05) is 28.1 Å². The molecule has 0 saturated carbocycles. The highest BCUT2D eigenvalue weighted by Gasteiger charge is 2.04. The van der Waals surface area contributed by atoms with Crippen LogP contribution in [0, 0.1) is 0 Å². The first-order valence-corrected chi connectivity index (χ1v) is 9.58. The zero-order chi connectivity index (χ0) is 16.0. The van der Waals surface area contributed by atoms with E-state index in [1.807, 2.05) is 30.5 Å². The Balaban J connectivity index is 1.76. The van der Waals surface area contributed by atoms with Crippen LogP contribution in [0.3, 0.4) is 0 Å². The van der Waals surface area contributed by atoms with Gasteiger partial charge in [0.2, 0.25) is 10.0 Å². The SMILES string of the molecule is CS(=O)(=O)NCCCNCc1ncc(-c2cccc(Br)c2)[nH]1. The number of aromatic nitrogens is 2. The number of H-pyrrole nitrogens is 1. The Morgan fingerprint density at radius 2 is 2.14 bits per heavy atom. The van der Waals surface area contributed by atoms with Gasteiger partial charge in [0.05, 0.1) is 24.7 Å². The molecule has 0 aliphatic rings. The molecule has 0 spiro atoms. The van der Waals surface area contributed by atoms with Crippen molar-refractivity contribution in [1.82, 2.24) is 20.0 Å². The first kappa shape index (κ1) is 17.1. The molecule has 1 heterocycles. The lowest BCUT2D eigenvalue weighted by Crippen LogP contribution is -2.26. The van der Waals surface area contributed by atoms with E-state index < -0.39 is 10.0 Å². The van der Waals surface area contributed by atoms with E-state index in [0.29, 0.717) is 13.1 Å². The van der Waals surface area contributed by atoms with Gasteiger partial charge in [-0.3, -0.25) is 0 Å². The van der Waals surface area contributed by atoms with E-state index in [-0.39, 0.29) is 0 Å². The smallest absolute Gasteiger partial charge is 0.208 e. The minimum Gasteiger partial charge on any atom is -0.341 e. The van der Waals surface area contributed by atoms with Crippen molar-refractivity contribution in [3.05, 3.63) is 40.8 Å². The highest BCUT2D eigenvalue weighted by Crippen LogP contribution is 2.21. The minimum absolute atomic E-state index is 0.438. The van der Waals surface area contributed by atoms with Crippen LogP contribution in [0.5, 0.6) is 0 Å². The van der Waals surface area contributed by atoms with Gasteiger partial charge < -0.3 is 10.3 Å². The zero-order valence-corrected chi connectivity index (χ0v) is 14.7. The Hall–Kier alpha value is -1.22. The first-order chi connectivity index (χ1) is 10.4. The summed E-state index contributed by atoms with van der Waals surface area (Å²) >= 11 is 3.45. The average Bonchev–Trinajstić information content (AvgIpc) is 2.90. The number of nitrogens with zero attached hydrogens (tertiary/aromatic N) is 1. The van der Waals surface area contributed by atoms with Crippen LogP contribution in [0.2, 0.25) is 0 Å². The summed E-state index contributed by atoms with van der Waals surface area (Å²) in [5.41, 5.74) is 2.04. The van der Waals surface area contributed by atoms with Gasteiger partial charge in [-0.05, 0) is 25.1 Å². The molecule has 1 aromatic carbocycles. The van der Waals surface area contributed by atoms with E-state index in [9.17, 15) is 8.42 Å². The molecule has 2 rings (SSSR count). The third kappa shape index (κ3) is 5.88. The zero-order valence-electron chi connectivity index (χ0n) is 12.3. The summed E-state index contributed by atoms with van der Waals surface area (Å²) < 4.78 is 25.3. The summed E-state index contributed by atoms with van der Waals surface area (Å²) in [6.45, 7) is 1.77. The number of aromatic amines is 1. The molecule has 0 fully saturated rings. The molecule has 3 N–H and O–H groups in total. The average molecular weight is 387 g/mol. The summed E-state index contributed by atoms with van der Waals surface area (Å²) in [4.78, 5) is 7.60. The third-order valence-corrected chi connectivity index (χ3v) is 4.17. The number of nitrogens with one attached hydrogen (secondary N) is 3. The Kier molecular flexibility index (Phi) is 6.13. The summed E-state index contributed by atoms with van der Waals surface area (Å²) in [5, 5.41) is 3.23. The molecule has 0 aliphatic carbocycles. The van der Waals surface area contributed by atoms with Crippen LogP contribution in [0.15, 0.2) is 34.9 Å². The first-order valence-electron chi connectivity index (χ1n) is 6.89. The maximum absolute atomic E-state index is 10.9. The summed E-state index contributed by atoms with van der Waals surface area (Å²) in [6.07, 6.45) is 3.70. The van der Waals surface area contributed by atoms with E-state index in [4.69, 9.17) is 0 Å². The topological polar surface area (TPSA) is 86.9 Å². The maximum Gasteiger partial charge on any atom is 0.208 e. The highest BCUT2D eigenvalue weighted by molar-refractivity contribution is 9.10. The van der Waals surface area contributed by atoms with Crippen molar-refractivity contribution in [3.63, 3.8) is 0 Å². The van der Waals surface area contributed by atoms with E-state index in [1.54, 1.807) is 0 Å². The molecule has 2 aromatic rings. The van der Waals surface area contributed by atoms with Gasteiger partial charge in [0.15, 0.2) is 0 Å². The molecule has 0 saturated heterocycles. The fourth-order valence-corrected chi connectivity index (χ4v) is 2.85. The second kappa shape index (κ2) is 7.87. The standard InChI is InChI=1S/C14H19BrN4O2S/c1-22(20,21)18-7-3-6-16-10-14-17-9-13(19-14)11-4-2-5-12(15)8-11/h2,4-5,8-9,16,18H,3,6-7,10H2,1H3,(H,17,19). The fourth-order valence-electron chi connectivity index (χ4n) is 1.93. The van der Waals surface area contributed by atoms with Crippen LogP contribution in [-0.4, -0.2) is 37.7 Å². The Labute approximate surface area is 138 Å². The van der Waals surface area contributed by atoms with Gasteiger partial charge in [0, 0.05) is 16.6 Å². The number of sulfonamides is 1. The summed E-state index contributed by atoms with van der Waals surface area (Å²) in [7, 11) is -3.09. The number of imidazole rings is 1. The molecule has 120 valence electrons. The number of hydrogen-bond acceptors (Lipinski definition) is 4. The summed E-state index contributed by atoms with van der Waals surface area (Å²) in [5.74, 6) is 0.853. The molecule has 0 aliphatic heterocycles. The molecule has 6 nitrogen and oxygen atoms in total. The van der Waals surface area contributed by atoms with Crippen LogP contribution < -0.4 is 10.0 Å². The molecule has 0 amide bonds. The van der Waals surface area contributed by atoms with E-state index in [2.05, 4.69) is 35.9 Å². The van der Waals surface area contributed by atoms with Crippen LogP contribution in [-0.2, 0) is 16.6 Å². The van der Waals surface area contributed by atoms with Gasteiger partial charge in [-0.15, -0.1) is 0 Å². The molecule has 22 heavy (non-hydrogen) atoms. The molecule has 1 aromatic heterocycles. The molecule has 0 radical (unpaired) electrons. The van der Waals surface area contributed by atoms with Crippen LogP contribution in [0.25, 0.3) is 11.3 Å². The fraction of sp³-hybridized carbons (Fsp3) is 0.357. The lowest BCUT2D eigenvalue weighted by molar-refractivity contribution is 0.577. The number of hydrogen-bond donors (Lipinski definition) is 3. The van der Waals surface area contributed by atoms with E-state index in [1.165, 1.54) is 0 Å². The van der Waals surface area contributed by atoms with Crippen LogP contribution >= 0.6 is 15.9 Å². The molecule has 0 unspecified atom stereocenters. The predicted molar refractivity (Wildman–Crippen MR) is 90.9 cm³/mol. The maximum atomic E-state index is 10.9. The van der Waals surface area contributed by atoms with Crippen molar-refractivity contribution in [1.29, 1.82) is 0 Å². The Morgan fingerprint density at radius 1 is 1.32 bits per heavy atom. The van der Waals surface area contributed by atoms with Gasteiger partial charge in [0.1, 0.15) is 5.82 Å². The summed E-state index contributed by atoms with van der Waals surface area (Å²) in [6, 6.07) is 8.01. The van der Waals surface area contributed by atoms with E-state index >= 15 is 0 Å². The molecule has 8 heteroatoms. The van der Waals surface area contributed by atoms with Crippen LogP contribution in [0.1, 0.15) is 12.2 Å². The lowest BCUT2D eigenvalue weighted by Gasteiger charge is -2.03. The van der Waals surface area contributed by atoms with Crippen LogP contribution in [0.4, 0.5) is 0 Å². The van der Waals surface area contributed by atoms with Gasteiger partial charge >= 0.3 is 0 Å². The van der Waals surface area contributed by atoms with E-state index in [0.717, 1.165) is 40.8 Å². The van der Waals surface area contributed by atoms with Crippen molar-refractivity contribution in [3.8, 4) is 11.3 Å². The van der Waals surface area contributed by atoms with Crippen molar-refractivity contribution < 1.29 is 8.42 Å². The van der Waals surface area contributed by atoms with Gasteiger partial charge in [-0.25, -0.2) is 18.1 Å². The van der Waals surface area contributed by atoms with Crippen molar-refractivity contribution in [2.24, 2.45) is 0 Å². The second-order valence-corrected chi connectivity index (χ2v) is 7.70. The van der Waals surface area contributed by atoms with Crippen molar-refractivity contribution in [2.45, 2.75) is 13.0 Å². The van der Waals surface area contributed by atoms with Gasteiger partial charge in [-0.2, -0.15) is 0 Å². The molecule has 0 atom stereocenters. The lowest BCUT2D eigenvalue weighted by atomic mass is 10.2.